The molecule has 0 amide bonds. The molecule has 1 aromatic rings. The zero-order chi connectivity index (χ0) is 9.52. The Labute approximate surface area is 115 Å². The van der Waals surface area contributed by atoms with E-state index in [1.165, 1.54) is 0 Å². The van der Waals surface area contributed by atoms with Crippen LogP contribution in [0.3, 0.4) is 0 Å². The Hall–Kier alpha value is -0.0503. The van der Waals surface area contributed by atoms with Crippen LogP contribution in [0.2, 0.25) is 0 Å². The molecule has 1 aromatic carbocycles. The van der Waals surface area contributed by atoms with Gasteiger partial charge >= 0.3 is 5.97 Å². The van der Waals surface area contributed by atoms with Gasteiger partial charge in [-0.1, -0.05) is 31.5 Å². The van der Waals surface area contributed by atoms with Crippen molar-refractivity contribution in [2.75, 3.05) is 6.61 Å². The fourth-order valence-electron chi connectivity index (χ4n) is 0.967. The van der Waals surface area contributed by atoms with Crippen LogP contribution in [0, 0.1) is 0 Å². The second-order valence-electron chi connectivity index (χ2n) is 2.86. The number of hydrogen-bond donors (Lipinski definition) is 0. The Balaban J connectivity index is 0.00000169. The van der Waals surface area contributed by atoms with E-state index in [-0.39, 0.29) is 43.7 Å². The summed E-state index contributed by atoms with van der Waals surface area (Å²) in [6.45, 7) is 2.58. The quantitative estimate of drug-likeness (QED) is 0.440. The summed E-state index contributed by atoms with van der Waals surface area (Å²) < 4.78 is 5.03. The topological polar surface area (TPSA) is 26.3 Å². The van der Waals surface area contributed by atoms with Crippen LogP contribution in [0.4, 0.5) is 0 Å². The molecule has 0 unspecified atom stereocenters. The molecule has 0 saturated heterocycles. The fraction of sp³-hybridized carbons (Fsp3) is 0.364. The van der Waals surface area contributed by atoms with Gasteiger partial charge in [-0.25, -0.2) is 4.79 Å². The SMILES string of the molecule is CCCCOC(=O)c1ccccc1.[Ca]. The van der Waals surface area contributed by atoms with Crippen LogP contribution < -0.4 is 0 Å². The largest absolute Gasteiger partial charge is 0.462 e. The molecular formula is C11H14CaO2. The minimum absolute atomic E-state index is 0. The molecular weight excluding hydrogens is 204 g/mol. The molecule has 0 aliphatic rings. The molecule has 0 aliphatic heterocycles. The summed E-state index contributed by atoms with van der Waals surface area (Å²) in [6.07, 6.45) is 1.97. The predicted molar refractivity (Wildman–Crippen MR) is 57.4 cm³/mol. The molecule has 0 saturated carbocycles. The van der Waals surface area contributed by atoms with Crippen LogP contribution in [0.15, 0.2) is 30.3 Å². The Morgan fingerprint density at radius 1 is 1.29 bits per heavy atom. The molecule has 14 heavy (non-hydrogen) atoms. The van der Waals surface area contributed by atoms with Crippen LogP contribution in [-0.2, 0) is 4.74 Å². The van der Waals surface area contributed by atoms with Crippen molar-refractivity contribution in [1.82, 2.24) is 0 Å². The van der Waals surface area contributed by atoms with E-state index < -0.39 is 0 Å². The molecule has 0 heterocycles. The van der Waals surface area contributed by atoms with Crippen LogP contribution >= 0.6 is 0 Å². The average molecular weight is 218 g/mol. The van der Waals surface area contributed by atoms with Gasteiger partial charge in [0.05, 0.1) is 12.2 Å². The fourth-order valence-corrected chi connectivity index (χ4v) is 0.967. The van der Waals surface area contributed by atoms with Gasteiger partial charge in [0, 0.05) is 37.7 Å². The van der Waals surface area contributed by atoms with E-state index >= 15 is 0 Å². The summed E-state index contributed by atoms with van der Waals surface area (Å²) >= 11 is 0. The normalized spacial score (nSPS) is 8.93. The number of carbonyl (C=O) groups is 1. The van der Waals surface area contributed by atoms with E-state index in [0.29, 0.717) is 12.2 Å². The molecule has 2 nitrogen and oxygen atoms in total. The van der Waals surface area contributed by atoms with Crippen molar-refractivity contribution in [3.63, 3.8) is 0 Å². The van der Waals surface area contributed by atoms with Gasteiger partial charge in [0.25, 0.3) is 0 Å². The Morgan fingerprint density at radius 2 is 1.93 bits per heavy atom. The van der Waals surface area contributed by atoms with Crippen molar-refractivity contribution < 1.29 is 9.53 Å². The van der Waals surface area contributed by atoms with Gasteiger partial charge in [-0.3, -0.25) is 0 Å². The van der Waals surface area contributed by atoms with Crippen LogP contribution in [0.5, 0.6) is 0 Å². The maximum absolute atomic E-state index is 11.3. The number of unbranched alkanes of at least 4 members (excludes halogenated alkanes) is 1. The molecule has 0 bridgehead atoms. The summed E-state index contributed by atoms with van der Waals surface area (Å²) in [5.74, 6) is -0.228. The van der Waals surface area contributed by atoms with E-state index in [2.05, 4.69) is 6.92 Å². The molecule has 0 fully saturated rings. The molecule has 0 N–H and O–H groups in total. The summed E-state index contributed by atoms with van der Waals surface area (Å²) in [7, 11) is 0. The first kappa shape index (κ1) is 13.9. The van der Waals surface area contributed by atoms with E-state index in [9.17, 15) is 4.79 Å². The molecule has 0 aliphatic carbocycles. The minimum atomic E-state index is -0.228. The zero-order valence-electron chi connectivity index (χ0n) is 8.53. The van der Waals surface area contributed by atoms with E-state index in [1.54, 1.807) is 12.1 Å². The van der Waals surface area contributed by atoms with Gasteiger partial charge in [-0.15, -0.1) is 0 Å². The van der Waals surface area contributed by atoms with Gasteiger partial charge < -0.3 is 4.74 Å². The first-order chi connectivity index (χ1) is 6.34. The number of carbonyl (C=O) groups excluding carboxylic acids is 1. The van der Waals surface area contributed by atoms with Crippen molar-refractivity contribution in [3.8, 4) is 0 Å². The second kappa shape index (κ2) is 8.27. The van der Waals surface area contributed by atoms with Crippen molar-refractivity contribution >= 4 is 43.7 Å². The summed E-state index contributed by atoms with van der Waals surface area (Å²) in [5, 5.41) is 0. The molecule has 2 radical (unpaired) electrons. The Bertz CT molecular complexity index is 259. The van der Waals surface area contributed by atoms with Gasteiger partial charge in [-0.2, -0.15) is 0 Å². The van der Waals surface area contributed by atoms with E-state index in [4.69, 9.17) is 4.74 Å². The molecule has 0 spiro atoms. The second-order valence-corrected chi connectivity index (χ2v) is 2.86. The standard InChI is InChI=1S/C11H14O2.Ca/c1-2-3-9-13-11(12)10-7-5-4-6-8-10;/h4-8H,2-3,9H2,1H3;. The van der Waals surface area contributed by atoms with Gasteiger partial charge in [0.15, 0.2) is 0 Å². The molecule has 3 heteroatoms. The third-order valence-corrected chi connectivity index (χ3v) is 1.74. The number of ether oxygens (including phenoxy) is 1. The maximum Gasteiger partial charge on any atom is 0.338 e. The summed E-state index contributed by atoms with van der Waals surface area (Å²) in [4.78, 5) is 11.3. The number of benzene rings is 1. The average Bonchev–Trinajstić information content (AvgIpc) is 2.19. The van der Waals surface area contributed by atoms with Crippen LogP contribution in [0.1, 0.15) is 30.1 Å². The van der Waals surface area contributed by atoms with Crippen molar-refractivity contribution in [2.45, 2.75) is 19.8 Å². The summed E-state index contributed by atoms with van der Waals surface area (Å²) in [6, 6.07) is 9.05. The van der Waals surface area contributed by atoms with Crippen molar-refractivity contribution in [1.29, 1.82) is 0 Å². The first-order valence-corrected chi connectivity index (χ1v) is 4.56. The van der Waals surface area contributed by atoms with Gasteiger partial charge in [0.1, 0.15) is 0 Å². The van der Waals surface area contributed by atoms with Crippen LogP contribution in [-0.4, -0.2) is 50.3 Å². The molecule has 1 rings (SSSR count). The Morgan fingerprint density at radius 3 is 2.50 bits per heavy atom. The molecule has 0 atom stereocenters. The predicted octanol–water partition coefficient (Wildman–Crippen LogP) is 2.26. The third kappa shape index (κ3) is 4.99. The first-order valence-electron chi connectivity index (χ1n) is 4.56. The third-order valence-electron chi connectivity index (χ3n) is 1.74. The Kier molecular flexibility index (Phi) is 8.24. The monoisotopic (exact) mass is 218 g/mol. The number of rotatable bonds is 4. The van der Waals surface area contributed by atoms with E-state index in [1.807, 2.05) is 18.2 Å². The molecule has 0 aromatic heterocycles. The molecule has 72 valence electrons. The minimum Gasteiger partial charge on any atom is -0.462 e. The van der Waals surface area contributed by atoms with Crippen molar-refractivity contribution in [3.05, 3.63) is 35.9 Å². The van der Waals surface area contributed by atoms with Crippen LogP contribution in [0.25, 0.3) is 0 Å². The van der Waals surface area contributed by atoms with Gasteiger partial charge in [0.2, 0.25) is 0 Å². The number of hydrogen-bond acceptors (Lipinski definition) is 2. The smallest absolute Gasteiger partial charge is 0.338 e. The summed E-state index contributed by atoms with van der Waals surface area (Å²) in [5.41, 5.74) is 0.624. The van der Waals surface area contributed by atoms with E-state index in [0.717, 1.165) is 12.8 Å². The zero-order valence-corrected chi connectivity index (χ0v) is 10.7. The number of esters is 1. The van der Waals surface area contributed by atoms with Crippen molar-refractivity contribution in [2.24, 2.45) is 0 Å². The maximum atomic E-state index is 11.3. The van der Waals surface area contributed by atoms with Gasteiger partial charge in [-0.05, 0) is 18.6 Å².